The Labute approximate surface area is 176 Å². The van der Waals surface area contributed by atoms with Gasteiger partial charge < -0.3 is 20.1 Å². The third kappa shape index (κ3) is 5.86. The summed E-state index contributed by atoms with van der Waals surface area (Å²) in [5.74, 6) is -3.98. The fraction of sp³-hybridized carbons (Fsp3) is 0.300. The van der Waals surface area contributed by atoms with Crippen LogP contribution < -0.4 is 10.6 Å². The van der Waals surface area contributed by atoms with Crippen LogP contribution in [0.3, 0.4) is 0 Å². The lowest BCUT2D eigenvalue weighted by Crippen LogP contribution is -2.46. The first-order valence-corrected chi connectivity index (χ1v) is 9.80. The molecule has 0 bridgehead atoms. The van der Waals surface area contributed by atoms with Crippen molar-refractivity contribution < 1.29 is 33.0 Å². The molecule has 1 atom stereocenters. The summed E-state index contributed by atoms with van der Waals surface area (Å²) in [5, 5.41) is 6.49. The highest BCUT2D eigenvalue weighted by Crippen LogP contribution is 2.23. The molecule has 0 aliphatic rings. The summed E-state index contributed by atoms with van der Waals surface area (Å²) in [6.07, 6.45) is 0. The van der Waals surface area contributed by atoms with Crippen molar-refractivity contribution in [2.75, 3.05) is 19.0 Å². The molecule has 30 heavy (non-hydrogen) atoms. The summed E-state index contributed by atoms with van der Waals surface area (Å²) in [5.41, 5.74) is 0.0302. The van der Waals surface area contributed by atoms with Gasteiger partial charge in [0, 0.05) is 0 Å². The molecule has 2 rings (SSSR count). The van der Waals surface area contributed by atoms with E-state index in [1.807, 2.05) is 0 Å². The highest BCUT2D eigenvalue weighted by molar-refractivity contribution is 7.12. The molecule has 0 radical (unpaired) electrons. The quantitative estimate of drug-likeness (QED) is 0.616. The highest BCUT2D eigenvalue weighted by Gasteiger charge is 2.27. The van der Waals surface area contributed by atoms with Crippen LogP contribution in [0, 0.1) is 11.7 Å². The molecule has 10 heteroatoms. The summed E-state index contributed by atoms with van der Waals surface area (Å²) >= 11 is 1.09. The van der Waals surface area contributed by atoms with Crippen LogP contribution in [0.4, 0.5) is 10.1 Å². The molecule has 160 valence electrons. The molecule has 1 heterocycles. The number of rotatable bonds is 8. The summed E-state index contributed by atoms with van der Waals surface area (Å²) in [6.45, 7) is 2.71. The standard InChI is InChI=1S/C20H21FN2O6S/c1-11(2)16(23-18(25)12-6-4-5-7-13(12)21)19(26)29-10-15(24)22-14-8-9-30-17(14)20(27)28-3/h4-9,11,16H,10H2,1-3H3,(H,22,24)(H,23,25)/t16-/m0/s1. The lowest BCUT2D eigenvalue weighted by Gasteiger charge is -2.21. The van der Waals surface area contributed by atoms with E-state index in [2.05, 4.69) is 15.4 Å². The minimum atomic E-state index is -1.09. The number of amides is 2. The number of hydrogen-bond acceptors (Lipinski definition) is 7. The molecule has 0 spiro atoms. The number of carbonyl (C=O) groups excluding carboxylic acids is 4. The Kier molecular flexibility index (Phi) is 8.05. The largest absolute Gasteiger partial charge is 0.465 e. The van der Waals surface area contributed by atoms with Gasteiger partial charge in [-0.1, -0.05) is 26.0 Å². The van der Waals surface area contributed by atoms with Gasteiger partial charge in [0.25, 0.3) is 11.8 Å². The van der Waals surface area contributed by atoms with Crippen LogP contribution in [0.15, 0.2) is 35.7 Å². The van der Waals surface area contributed by atoms with E-state index in [0.717, 1.165) is 17.4 Å². The Morgan fingerprint density at radius 2 is 1.83 bits per heavy atom. The number of benzene rings is 1. The fourth-order valence-corrected chi connectivity index (χ4v) is 3.20. The summed E-state index contributed by atoms with van der Waals surface area (Å²) in [6, 6.07) is 5.80. The molecular weight excluding hydrogens is 415 g/mol. The zero-order valence-corrected chi connectivity index (χ0v) is 17.4. The number of hydrogen-bond donors (Lipinski definition) is 2. The first-order valence-electron chi connectivity index (χ1n) is 8.92. The first-order chi connectivity index (χ1) is 14.2. The Hall–Kier alpha value is -3.27. The normalized spacial score (nSPS) is 11.5. The van der Waals surface area contributed by atoms with Gasteiger partial charge in [0.15, 0.2) is 6.61 Å². The predicted octanol–water partition coefficient (Wildman–Crippen LogP) is 2.61. The molecule has 0 fully saturated rings. The van der Waals surface area contributed by atoms with E-state index in [1.165, 1.54) is 31.4 Å². The molecule has 0 aliphatic heterocycles. The number of methoxy groups -OCH3 is 1. The van der Waals surface area contributed by atoms with Gasteiger partial charge in [-0.3, -0.25) is 9.59 Å². The van der Waals surface area contributed by atoms with E-state index in [1.54, 1.807) is 19.2 Å². The van der Waals surface area contributed by atoms with Crippen LogP contribution in [0.2, 0.25) is 0 Å². The molecule has 1 aromatic carbocycles. The number of nitrogens with one attached hydrogen (secondary N) is 2. The van der Waals surface area contributed by atoms with Gasteiger partial charge in [-0.05, 0) is 29.5 Å². The predicted molar refractivity (Wildman–Crippen MR) is 108 cm³/mol. The van der Waals surface area contributed by atoms with Crippen molar-refractivity contribution in [3.8, 4) is 0 Å². The molecule has 2 aromatic rings. The maximum Gasteiger partial charge on any atom is 0.350 e. The van der Waals surface area contributed by atoms with Crippen LogP contribution in [-0.4, -0.2) is 43.5 Å². The van der Waals surface area contributed by atoms with Crippen LogP contribution in [0.25, 0.3) is 0 Å². The number of esters is 2. The molecule has 2 amide bonds. The van der Waals surface area contributed by atoms with Crippen LogP contribution >= 0.6 is 11.3 Å². The second-order valence-electron chi connectivity index (χ2n) is 6.49. The maximum absolute atomic E-state index is 13.8. The molecule has 0 unspecified atom stereocenters. The lowest BCUT2D eigenvalue weighted by atomic mass is 10.0. The maximum atomic E-state index is 13.8. The summed E-state index contributed by atoms with van der Waals surface area (Å²) < 4.78 is 23.4. The van der Waals surface area contributed by atoms with Gasteiger partial charge >= 0.3 is 11.9 Å². The third-order valence-electron chi connectivity index (χ3n) is 3.98. The summed E-state index contributed by atoms with van der Waals surface area (Å²) in [7, 11) is 1.22. The van der Waals surface area contributed by atoms with E-state index in [9.17, 15) is 23.6 Å². The Morgan fingerprint density at radius 1 is 1.13 bits per heavy atom. The smallest absolute Gasteiger partial charge is 0.350 e. The SMILES string of the molecule is COC(=O)c1sccc1NC(=O)COC(=O)[C@@H](NC(=O)c1ccccc1F)C(C)C. The summed E-state index contributed by atoms with van der Waals surface area (Å²) in [4.78, 5) is 48.6. The monoisotopic (exact) mass is 436 g/mol. The van der Waals surface area contributed by atoms with E-state index < -0.39 is 42.2 Å². The van der Waals surface area contributed by atoms with Gasteiger partial charge in [0.05, 0.1) is 18.4 Å². The lowest BCUT2D eigenvalue weighted by molar-refractivity contribution is -0.150. The molecule has 0 aliphatic carbocycles. The van der Waals surface area contributed by atoms with Crippen molar-refractivity contribution in [1.82, 2.24) is 5.32 Å². The average molecular weight is 436 g/mol. The second kappa shape index (κ2) is 10.5. The third-order valence-corrected chi connectivity index (χ3v) is 4.88. The molecule has 2 N–H and O–H groups in total. The minimum Gasteiger partial charge on any atom is -0.465 e. The molecule has 8 nitrogen and oxygen atoms in total. The van der Waals surface area contributed by atoms with E-state index in [0.29, 0.717) is 0 Å². The first kappa shape index (κ1) is 23.0. The zero-order valence-electron chi connectivity index (χ0n) is 16.6. The second-order valence-corrected chi connectivity index (χ2v) is 7.40. The van der Waals surface area contributed by atoms with Crippen molar-refractivity contribution in [2.45, 2.75) is 19.9 Å². The van der Waals surface area contributed by atoms with Gasteiger partial charge in [-0.25, -0.2) is 14.0 Å². The zero-order chi connectivity index (χ0) is 22.3. The van der Waals surface area contributed by atoms with E-state index in [4.69, 9.17) is 4.74 Å². The van der Waals surface area contributed by atoms with Gasteiger partial charge in [-0.2, -0.15) is 0 Å². The van der Waals surface area contributed by atoms with Gasteiger partial charge in [0.2, 0.25) is 0 Å². The number of anilines is 1. The molecular formula is C20H21FN2O6S. The Balaban J connectivity index is 1.96. The van der Waals surface area contributed by atoms with Crippen molar-refractivity contribution >= 4 is 40.8 Å². The number of halogens is 1. The van der Waals surface area contributed by atoms with Crippen molar-refractivity contribution in [3.05, 3.63) is 52.0 Å². The fourth-order valence-electron chi connectivity index (χ4n) is 2.43. The van der Waals surface area contributed by atoms with Crippen LogP contribution in [0.1, 0.15) is 33.9 Å². The molecule has 1 aromatic heterocycles. The minimum absolute atomic E-state index is 0.203. The topological polar surface area (TPSA) is 111 Å². The highest BCUT2D eigenvalue weighted by atomic mass is 32.1. The Bertz CT molecular complexity index is 943. The molecule has 0 saturated carbocycles. The number of thiophene rings is 1. The van der Waals surface area contributed by atoms with Crippen LogP contribution in [-0.2, 0) is 19.1 Å². The average Bonchev–Trinajstić information content (AvgIpc) is 3.17. The van der Waals surface area contributed by atoms with Crippen LogP contribution in [0.5, 0.6) is 0 Å². The van der Waals surface area contributed by atoms with E-state index in [-0.39, 0.29) is 22.0 Å². The van der Waals surface area contributed by atoms with Crippen molar-refractivity contribution in [2.24, 2.45) is 5.92 Å². The Morgan fingerprint density at radius 3 is 2.47 bits per heavy atom. The van der Waals surface area contributed by atoms with E-state index >= 15 is 0 Å². The van der Waals surface area contributed by atoms with Gasteiger partial charge in [0.1, 0.15) is 16.7 Å². The van der Waals surface area contributed by atoms with Gasteiger partial charge in [-0.15, -0.1) is 11.3 Å². The molecule has 0 saturated heterocycles. The van der Waals surface area contributed by atoms with Crippen molar-refractivity contribution in [3.63, 3.8) is 0 Å². The number of ether oxygens (including phenoxy) is 2. The number of carbonyl (C=O) groups is 4. The van der Waals surface area contributed by atoms with Crippen molar-refractivity contribution in [1.29, 1.82) is 0 Å².